The lowest BCUT2D eigenvalue weighted by Crippen LogP contribution is -2.44. The number of H-pyrrole nitrogens is 1. The van der Waals surface area contributed by atoms with Gasteiger partial charge >= 0.3 is 18.2 Å². The third kappa shape index (κ3) is 5.47. The number of halogens is 4. The largest absolute Gasteiger partial charge is 0.460 e. The monoisotopic (exact) mass is 525 g/mol. The predicted molar refractivity (Wildman–Crippen MR) is 129 cm³/mol. The fourth-order valence-electron chi connectivity index (χ4n) is 3.70. The molecule has 0 bridgehead atoms. The minimum absolute atomic E-state index is 0. The van der Waals surface area contributed by atoms with Gasteiger partial charge in [0, 0.05) is 22.3 Å². The number of nitrogens with one attached hydrogen (secondary N) is 1. The summed E-state index contributed by atoms with van der Waals surface area (Å²) < 4.78 is 50.6. The molecule has 1 aliphatic heterocycles. The van der Waals surface area contributed by atoms with Crippen LogP contribution in [0.5, 0.6) is 0 Å². The van der Waals surface area contributed by atoms with Crippen molar-refractivity contribution >= 4 is 40.9 Å². The number of rotatable bonds is 5. The lowest BCUT2D eigenvalue weighted by Gasteiger charge is -2.18. The minimum atomic E-state index is -4.59. The van der Waals surface area contributed by atoms with Gasteiger partial charge in [-0.15, -0.1) is 12.4 Å². The topological polar surface area (TPSA) is 115 Å². The lowest BCUT2D eigenvalue weighted by molar-refractivity contribution is -0.151. The fourth-order valence-corrected chi connectivity index (χ4v) is 3.70. The van der Waals surface area contributed by atoms with E-state index in [1.807, 2.05) is 0 Å². The van der Waals surface area contributed by atoms with Gasteiger partial charge in [0.2, 0.25) is 0 Å². The van der Waals surface area contributed by atoms with E-state index in [1.54, 1.807) is 6.07 Å². The van der Waals surface area contributed by atoms with Crippen molar-refractivity contribution in [1.82, 2.24) is 4.98 Å². The lowest BCUT2D eigenvalue weighted by atomic mass is 10.0. The van der Waals surface area contributed by atoms with Gasteiger partial charge < -0.3 is 20.2 Å². The van der Waals surface area contributed by atoms with Crippen molar-refractivity contribution < 1.29 is 32.2 Å². The summed E-state index contributed by atoms with van der Waals surface area (Å²) in [5, 5.41) is 0.580. The van der Waals surface area contributed by atoms with Gasteiger partial charge in [-0.25, -0.2) is 4.79 Å². The number of cyclic esters (lactones) is 1. The average Bonchev–Trinajstić information content (AvgIpc) is 3.16. The molecule has 1 aliphatic rings. The Labute approximate surface area is 209 Å². The summed E-state index contributed by atoms with van der Waals surface area (Å²) in [7, 11) is 0. The molecule has 2 aromatic carbocycles. The molecule has 0 aliphatic carbocycles. The van der Waals surface area contributed by atoms with Crippen LogP contribution in [0.2, 0.25) is 0 Å². The standard InChI is InChI=1S/C24H22F3N3O5.ClH/c1-23(2,28)21(32)34-12-15-11-30(22(33)35-15)14-8-7-13-9-19(29-20(31)17(13)10-14)16-5-3-4-6-18(16)24(25,26)27;/h3-10,15H,11-12,28H2,1-2H3,(H,29,31);1H/t15-;/m0./s1. The van der Waals surface area contributed by atoms with E-state index in [1.165, 1.54) is 55.1 Å². The van der Waals surface area contributed by atoms with Crippen molar-refractivity contribution in [2.45, 2.75) is 31.7 Å². The summed E-state index contributed by atoms with van der Waals surface area (Å²) in [6.45, 7) is 2.86. The first-order valence-electron chi connectivity index (χ1n) is 10.6. The van der Waals surface area contributed by atoms with E-state index in [4.69, 9.17) is 15.2 Å². The average molecular weight is 526 g/mol. The molecule has 1 atom stereocenters. The Morgan fingerprint density at radius 3 is 2.53 bits per heavy atom. The van der Waals surface area contributed by atoms with Crippen LogP contribution in [0, 0.1) is 0 Å². The number of hydrogen-bond acceptors (Lipinski definition) is 6. The first-order valence-corrected chi connectivity index (χ1v) is 10.6. The highest BCUT2D eigenvalue weighted by Gasteiger charge is 2.35. The number of amides is 1. The molecule has 36 heavy (non-hydrogen) atoms. The van der Waals surface area contributed by atoms with Crippen LogP contribution in [0.25, 0.3) is 22.0 Å². The van der Waals surface area contributed by atoms with Gasteiger partial charge in [-0.2, -0.15) is 13.2 Å². The van der Waals surface area contributed by atoms with E-state index in [9.17, 15) is 27.6 Å². The number of nitrogens with zero attached hydrogens (tertiary/aromatic N) is 1. The number of pyridine rings is 1. The third-order valence-corrected chi connectivity index (χ3v) is 5.46. The van der Waals surface area contributed by atoms with Crippen LogP contribution in [0.3, 0.4) is 0 Å². The Bertz CT molecular complexity index is 1370. The van der Waals surface area contributed by atoms with Crippen LogP contribution in [0.4, 0.5) is 23.7 Å². The fraction of sp³-hybridized carbons (Fsp3) is 0.292. The summed E-state index contributed by atoms with van der Waals surface area (Å²) in [5.41, 5.74) is 3.23. The number of esters is 1. The van der Waals surface area contributed by atoms with Gasteiger partial charge in [0.15, 0.2) is 6.10 Å². The minimum Gasteiger partial charge on any atom is -0.460 e. The zero-order chi connectivity index (χ0) is 25.5. The third-order valence-electron chi connectivity index (χ3n) is 5.46. The molecule has 3 N–H and O–H groups in total. The van der Waals surface area contributed by atoms with E-state index in [0.29, 0.717) is 11.1 Å². The van der Waals surface area contributed by atoms with E-state index < -0.39 is 41.0 Å². The zero-order valence-electron chi connectivity index (χ0n) is 19.2. The Balaban J connectivity index is 0.00000361. The van der Waals surface area contributed by atoms with Gasteiger partial charge in [0.25, 0.3) is 5.56 Å². The second kappa shape index (κ2) is 9.82. The van der Waals surface area contributed by atoms with Crippen molar-refractivity contribution in [2.24, 2.45) is 5.73 Å². The van der Waals surface area contributed by atoms with E-state index in [2.05, 4.69) is 4.98 Å². The highest BCUT2D eigenvalue weighted by atomic mass is 35.5. The number of carbonyl (C=O) groups excluding carboxylic acids is 2. The molecule has 1 saturated heterocycles. The molecule has 4 rings (SSSR count). The number of aromatic amines is 1. The number of anilines is 1. The summed E-state index contributed by atoms with van der Waals surface area (Å²) in [6.07, 6.45) is -6.01. The number of fused-ring (bicyclic) bond motifs is 1. The molecule has 2 heterocycles. The molecule has 192 valence electrons. The van der Waals surface area contributed by atoms with Gasteiger partial charge in [-0.3, -0.25) is 14.5 Å². The maximum Gasteiger partial charge on any atom is 0.417 e. The van der Waals surface area contributed by atoms with Gasteiger partial charge in [0.1, 0.15) is 12.1 Å². The number of carbonyl (C=O) groups is 2. The maximum atomic E-state index is 13.4. The molecule has 1 aromatic heterocycles. The van der Waals surface area contributed by atoms with Crippen LogP contribution in [-0.4, -0.2) is 41.8 Å². The molecule has 1 fully saturated rings. The van der Waals surface area contributed by atoms with Crippen LogP contribution < -0.4 is 16.2 Å². The molecule has 0 unspecified atom stereocenters. The first-order chi connectivity index (χ1) is 16.3. The number of benzene rings is 2. The maximum absolute atomic E-state index is 13.4. The molecule has 0 radical (unpaired) electrons. The van der Waals surface area contributed by atoms with Gasteiger partial charge in [0.05, 0.1) is 12.1 Å². The Hall–Kier alpha value is -3.57. The smallest absolute Gasteiger partial charge is 0.417 e. The summed E-state index contributed by atoms with van der Waals surface area (Å²) in [4.78, 5) is 40.8. The van der Waals surface area contributed by atoms with Crippen molar-refractivity contribution in [3.05, 3.63) is 64.4 Å². The van der Waals surface area contributed by atoms with Gasteiger partial charge in [-0.1, -0.05) is 24.3 Å². The SMILES string of the molecule is CC(C)(N)C(=O)OC[C@@H]1CN(c2ccc3cc(-c4ccccc4C(F)(F)F)[nH]c(=O)c3c2)C(=O)O1.Cl. The number of nitrogens with two attached hydrogens (primary N) is 1. The zero-order valence-corrected chi connectivity index (χ0v) is 20.0. The van der Waals surface area contributed by atoms with Crippen molar-refractivity contribution in [1.29, 1.82) is 0 Å². The highest BCUT2D eigenvalue weighted by molar-refractivity contribution is 5.95. The molecule has 0 saturated carbocycles. The summed E-state index contributed by atoms with van der Waals surface area (Å²) in [5.74, 6) is -0.646. The first kappa shape index (κ1) is 27.0. The molecule has 3 aromatic rings. The van der Waals surface area contributed by atoms with Crippen molar-refractivity contribution in [2.75, 3.05) is 18.1 Å². The van der Waals surface area contributed by atoms with Crippen LogP contribution >= 0.6 is 12.4 Å². The van der Waals surface area contributed by atoms with Gasteiger partial charge in [-0.05, 0) is 43.5 Å². The summed E-state index contributed by atoms with van der Waals surface area (Å²) in [6, 6.07) is 11.0. The van der Waals surface area contributed by atoms with Crippen molar-refractivity contribution in [3.63, 3.8) is 0 Å². The number of hydrogen-bond donors (Lipinski definition) is 2. The number of alkyl halides is 3. The molecular formula is C24H23ClF3N3O5. The van der Waals surface area contributed by atoms with Crippen molar-refractivity contribution in [3.8, 4) is 11.3 Å². The molecule has 12 heteroatoms. The predicted octanol–water partition coefficient (Wildman–Crippen LogP) is 4.24. The summed E-state index contributed by atoms with van der Waals surface area (Å²) >= 11 is 0. The normalized spacial score (nSPS) is 16.0. The Morgan fingerprint density at radius 1 is 1.17 bits per heavy atom. The Kier molecular flexibility index (Phi) is 7.37. The van der Waals surface area contributed by atoms with E-state index >= 15 is 0 Å². The van der Waals surface area contributed by atoms with E-state index in [0.717, 1.165) is 6.07 Å². The van der Waals surface area contributed by atoms with Crippen LogP contribution in [0.15, 0.2) is 53.3 Å². The molecule has 0 spiro atoms. The molecule has 1 amide bonds. The quantitative estimate of drug-likeness (QED) is 0.481. The molecular weight excluding hydrogens is 503 g/mol. The second-order valence-electron chi connectivity index (χ2n) is 8.76. The van der Waals surface area contributed by atoms with Crippen LogP contribution in [0.1, 0.15) is 19.4 Å². The Morgan fingerprint density at radius 2 is 1.86 bits per heavy atom. The van der Waals surface area contributed by atoms with Crippen LogP contribution in [-0.2, 0) is 20.4 Å². The highest BCUT2D eigenvalue weighted by Crippen LogP contribution is 2.36. The number of ether oxygens (including phenoxy) is 2. The number of aromatic nitrogens is 1. The molecule has 8 nitrogen and oxygen atoms in total. The van der Waals surface area contributed by atoms with E-state index in [-0.39, 0.29) is 42.2 Å². The second-order valence-corrected chi connectivity index (χ2v) is 8.76.